The summed E-state index contributed by atoms with van der Waals surface area (Å²) in [6, 6.07) is 10.8. The normalized spacial score (nSPS) is 16.7. The van der Waals surface area contributed by atoms with E-state index in [1.807, 2.05) is 0 Å². The number of nitrogens with two attached hydrogens (primary N) is 1. The van der Waals surface area contributed by atoms with Gasteiger partial charge >= 0.3 is 0 Å². The van der Waals surface area contributed by atoms with E-state index in [1.165, 1.54) is 45.0 Å². The monoisotopic (exact) mass is 206 g/mol. The summed E-state index contributed by atoms with van der Waals surface area (Å²) >= 11 is 0. The Labute approximate surface area is 93.1 Å². The topological polar surface area (TPSA) is 29.3 Å². The van der Waals surface area contributed by atoms with Crippen LogP contribution in [0.5, 0.6) is 0 Å². The van der Waals surface area contributed by atoms with Gasteiger partial charge in [0.2, 0.25) is 0 Å². The van der Waals surface area contributed by atoms with Crippen LogP contribution in [-0.2, 0) is 6.54 Å². The van der Waals surface area contributed by atoms with Gasteiger partial charge in [0.25, 0.3) is 0 Å². The second kappa shape index (κ2) is 7.43. The van der Waals surface area contributed by atoms with E-state index in [1.54, 1.807) is 0 Å². The molecule has 0 spiro atoms. The van der Waals surface area contributed by atoms with Crippen LogP contribution >= 0.6 is 0 Å². The highest BCUT2D eigenvalue weighted by atomic mass is 15.1. The van der Waals surface area contributed by atoms with E-state index < -0.39 is 0 Å². The quantitative estimate of drug-likeness (QED) is 0.804. The van der Waals surface area contributed by atoms with Crippen molar-refractivity contribution in [2.75, 3.05) is 20.1 Å². The molecule has 15 heavy (non-hydrogen) atoms. The third-order valence-electron chi connectivity index (χ3n) is 2.70. The van der Waals surface area contributed by atoms with Crippen molar-refractivity contribution < 1.29 is 0 Å². The Balaban J connectivity index is 0.000000531. The predicted molar refractivity (Wildman–Crippen MR) is 65.7 cm³/mol. The number of piperidine rings is 1. The van der Waals surface area contributed by atoms with Gasteiger partial charge in [-0.2, -0.15) is 0 Å². The van der Waals surface area contributed by atoms with Gasteiger partial charge in [-0.25, -0.2) is 0 Å². The van der Waals surface area contributed by atoms with Crippen molar-refractivity contribution in [1.29, 1.82) is 0 Å². The molecular weight excluding hydrogens is 184 g/mol. The molecule has 0 bridgehead atoms. The number of nitrogens with zero attached hydrogens (tertiary/aromatic N) is 1. The summed E-state index contributed by atoms with van der Waals surface area (Å²) in [5.41, 5.74) is 5.95. The second-order valence-corrected chi connectivity index (χ2v) is 3.82. The molecule has 1 heterocycles. The standard InChI is InChI=1S/C12H17N.CH5N/c1-3-7-12(8-4-1)11-13-9-5-2-6-10-13;1-2/h1,3-4,7-8H,2,5-6,9-11H2;2H2,1H3. The molecule has 1 fully saturated rings. The molecule has 1 aromatic carbocycles. The number of hydrogen-bond acceptors (Lipinski definition) is 2. The second-order valence-electron chi connectivity index (χ2n) is 3.82. The largest absolute Gasteiger partial charge is 0.333 e. The molecule has 2 heteroatoms. The van der Waals surface area contributed by atoms with Gasteiger partial charge in [-0.1, -0.05) is 36.8 Å². The Morgan fingerprint density at radius 2 is 1.60 bits per heavy atom. The van der Waals surface area contributed by atoms with Crippen LogP contribution in [0.15, 0.2) is 30.3 Å². The van der Waals surface area contributed by atoms with Crippen molar-refractivity contribution in [2.45, 2.75) is 25.8 Å². The fourth-order valence-corrected chi connectivity index (χ4v) is 1.96. The zero-order chi connectivity index (χ0) is 10.9. The zero-order valence-electron chi connectivity index (χ0n) is 9.65. The smallest absolute Gasteiger partial charge is 0.0233 e. The summed E-state index contributed by atoms with van der Waals surface area (Å²) in [6.07, 6.45) is 4.19. The van der Waals surface area contributed by atoms with Gasteiger partial charge in [0.1, 0.15) is 0 Å². The molecule has 1 saturated heterocycles. The Morgan fingerprint density at radius 1 is 1.00 bits per heavy atom. The van der Waals surface area contributed by atoms with Crippen molar-refractivity contribution >= 4 is 0 Å². The summed E-state index contributed by atoms with van der Waals surface area (Å²) in [5, 5.41) is 0. The SMILES string of the molecule is CN.c1ccc(CN2CCCCC2)cc1. The molecule has 2 N–H and O–H groups in total. The molecular formula is C13H22N2. The Bertz CT molecular complexity index is 240. The molecule has 1 aliphatic rings. The maximum Gasteiger partial charge on any atom is 0.0233 e. The Kier molecular flexibility index (Phi) is 6.05. The van der Waals surface area contributed by atoms with Gasteiger partial charge in [-0.05, 0) is 38.5 Å². The molecule has 2 rings (SSSR count). The lowest BCUT2D eigenvalue weighted by molar-refractivity contribution is 0.221. The third-order valence-corrected chi connectivity index (χ3v) is 2.70. The summed E-state index contributed by atoms with van der Waals surface area (Å²) < 4.78 is 0. The minimum Gasteiger partial charge on any atom is -0.333 e. The Morgan fingerprint density at radius 3 is 2.20 bits per heavy atom. The summed E-state index contributed by atoms with van der Waals surface area (Å²) in [6.45, 7) is 3.71. The molecule has 0 atom stereocenters. The minimum absolute atomic E-state index is 1.14. The highest BCUT2D eigenvalue weighted by Crippen LogP contribution is 2.12. The van der Waals surface area contributed by atoms with E-state index in [9.17, 15) is 0 Å². The van der Waals surface area contributed by atoms with Crippen LogP contribution in [0.4, 0.5) is 0 Å². The molecule has 1 aromatic rings. The van der Waals surface area contributed by atoms with Crippen LogP contribution in [0.1, 0.15) is 24.8 Å². The lowest BCUT2D eigenvalue weighted by Crippen LogP contribution is -2.28. The van der Waals surface area contributed by atoms with Crippen molar-refractivity contribution in [3.63, 3.8) is 0 Å². The lowest BCUT2D eigenvalue weighted by atomic mass is 10.1. The molecule has 0 unspecified atom stereocenters. The fourth-order valence-electron chi connectivity index (χ4n) is 1.96. The van der Waals surface area contributed by atoms with Crippen molar-refractivity contribution in [3.8, 4) is 0 Å². The van der Waals surface area contributed by atoms with Crippen molar-refractivity contribution in [2.24, 2.45) is 5.73 Å². The highest BCUT2D eigenvalue weighted by molar-refractivity contribution is 5.14. The average Bonchev–Trinajstić information content (AvgIpc) is 2.34. The van der Waals surface area contributed by atoms with E-state index in [2.05, 4.69) is 41.0 Å². The van der Waals surface area contributed by atoms with Gasteiger partial charge < -0.3 is 5.73 Å². The molecule has 2 nitrogen and oxygen atoms in total. The molecule has 0 aromatic heterocycles. The average molecular weight is 206 g/mol. The predicted octanol–water partition coefficient (Wildman–Crippen LogP) is 2.25. The molecule has 84 valence electrons. The molecule has 0 saturated carbocycles. The van der Waals surface area contributed by atoms with Gasteiger partial charge in [-0.15, -0.1) is 0 Å². The van der Waals surface area contributed by atoms with Crippen molar-refractivity contribution in [1.82, 2.24) is 4.90 Å². The van der Waals surface area contributed by atoms with Crippen LogP contribution < -0.4 is 5.73 Å². The summed E-state index contributed by atoms with van der Waals surface area (Å²) in [7, 11) is 1.50. The number of likely N-dealkylation sites (tertiary alicyclic amines) is 1. The van der Waals surface area contributed by atoms with Crippen LogP contribution in [-0.4, -0.2) is 25.0 Å². The Hall–Kier alpha value is -0.860. The first-order valence-corrected chi connectivity index (χ1v) is 5.79. The minimum atomic E-state index is 1.14. The number of hydrogen-bond donors (Lipinski definition) is 1. The van der Waals surface area contributed by atoms with Gasteiger partial charge in [0.15, 0.2) is 0 Å². The maximum absolute atomic E-state index is 4.50. The number of rotatable bonds is 2. The lowest BCUT2D eigenvalue weighted by Gasteiger charge is -2.26. The molecule has 1 aliphatic heterocycles. The summed E-state index contributed by atoms with van der Waals surface area (Å²) in [5.74, 6) is 0. The zero-order valence-corrected chi connectivity index (χ0v) is 9.65. The van der Waals surface area contributed by atoms with Gasteiger partial charge in [0.05, 0.1) is 0 Å². The first-order valence-electron chi connectivity index (χ1n) is 5.79. The molecule has 0 amide bonds. The van der Waals surface area contributed by atoms with E-state index in [0.717, 1.165) is 6.54 Å². The summed E-state index contributed by atoms with van der Waals surface area (Å²) in [4.78, 5) is 2.55. The first kappa shape index (κ1) is 12.2. The van der Waals surface area contributed by atoms with Gasteiger partial charge in [-0.3, -0.25) is 4.90 Å². The van der Waals surface area contributed by atoms with E-state index >= 15 is 0 Å². The van der Waals surface area contributed by atoms with Crippen molar-refractivity contribution in [3.05, 3.63) is 35.9 Å². The maximum atomic E-state index is 4.50. The fraction of sp³-hybridized carbons (Fsp3) is 0.538. The molecule has 0 aliphatic carbocycles. The van der Waals surface area contributed by atoms with Crippen LogP contribution in [0, 0.1) is 0 Å². The van der Waals surface area contributed by atoms with Gasteiger partial charge in [0, 0.05) is 6.54 Å². The van der Waals surface area contributed by atoms with Crippen LogP contribution in [0.25, 0.3) is 0 Å². The van der Waals surface area contributed by atoms with Crippen LogP contribution in [0.2, 0.25) is 0 Å². The third kappa shape index (κ3) is 4.45. The van der Waals surface area contributed by atoms with E-state index in [4.69, 9.17) is 0 Å². The first-order chi connectivity index (χ1) is 7.45. The van der Waals surface area contributed by atoms with E-state index in [-0.39, 0.29) is 0 Å². The molecule has 0 radical (unpaired) electrons. The van der Waals surface area contributed by atoms with E-state index in [0.29, 0.717) is 0 Å². The van der Waals surface area contributed by atoms with Crippen LogP contribution in [0.3, 0.4) is 0 Å². The highest BCUT2D eigenvalue weighted by Gasteiger charge is 2.09. The number of benzene rings is 1.